The van der Waals surface area contributed by atoms with Crippen molar-refractivity contribution in [2.24, 2.45) is 0 Å². The van der Waals surface area contributed by atoms with Crippen LogP contribution in [-0.4, -0.2) is 15.2 Å². The van der Waals surface area contributed by atoms with Gasteiger partial charge >= 0.3 is 0 Å². The summed E-state index contributed by atoms with van der Waals surface area (Å²) in [6, 6.07) is 7.78. The van der Waals surface area contributed by atoms with Gasteiger partial charge in [0.25, 0.3) is 0 Å². The fourth-order valence-corrected chi connectivity index (χ4v) is 1.62. The summed E-state index contributed by atoms with van der Waals surface area (Å²) in [5.74, 6) is 0. The lowest BCUT2D eigenvalue weighted by molar-refractivity contribution is 1.10. The summed E-state index contributed by atoms with van der Waals surface area (Å²) in [4.78, 5) is 4.38. The van der Waals surface area contributed by atoms with Crippen molar-refractivity contribution in [3.8, 4) is 0 Å². The molecule has 2 heterocycles. The van der Waals surface area contributed by atoms with Gasteiger partial charge in [0.2, 0.25) is 0 Å². The van der Waals surface area contributed by atoms with Gasteiger partial charge in [0.15, 0.2) is 5.65 Å². The largest absolute Gasteiger partial charge is 0.398 e. The van der Waals surface area contributed by atoms with E-state index in [0.29, 0.717) is 5.65 Å². The third-order valence-electron chi connectivity index (χ3n) is 2.33. The number of nitrogens with one attached hydrogen (secondary N) is 1. The Hall–Kier alpha value is -2.10. The molecule has 0 atom stereocenters. The molecule has 0 saturated heterocycles. The minimum Gasteiger partial charge on any atom is -0.398 e. The number of anilines is 1. The highest BCUT2D eigenvalue weighted by Crippen LogP contribution is 2.26. The van der Waals surface area contributed by atoms with Gasteiger partial charge in [-0.05, 0) is 6.07 Å². The van der Waals surface area contributed by atoms with E-state index in [-0.39, 0.29) is 0 Å². The quantitative estimate of drug-likeness (QED) is 0.558. The van der Waals surface area contributed by atoms with Crippen molar-refractivity contribution in [3.63, 3.8) is 0 Å². The summed E-state index contributed by atoms with van der Waals surface area (Å²) in [6.45, 7) is 0. The number of nitrogen functional groups attached to an aromatic ring is 1. The first-order chi connectivity index (χ1) is 6.86. The summed E-state index contributed by atoms with van der Waals surface area (Å²) in [5.41, 5.74) is 8.28. The molecule has 4 nitrogen and oxygen atoms in total. The van der Waals surface area contributed by atoms with E-state index in [2.05, 4.69) is 15.2 Å². The van der Waals surface area contributed by atoms with Crippen LogP contribution in [0.3, 0.4) is 0 Å². The van der Waals surface area contributed by atoms with Gasteiger partial charge < -0.3 is 5.73 Å². The van der Waals surface area contributed by atoms with Crippen LogP contribution in [0.2, 0.25) is 0 Å². The normalized spacial score (nSPS) is 11.1. The smallest absolute Gasteiger partial charge is 0.183 e. The highest BCUT2D eigenvalue weighted by atomic mass is 15.1. The Bertz CT molecular complexity index is 612. The minimum absolute atomic E-state index is 0.668. The van der Waals surface area contributed by atoms with E-state index in [1.54, 1.807) is 6.20 Å². The number of nitrogens with two attached hydrogens (primary N) is 1. The molecule has 0 aliphatic rings. The van der Waals surface area contributed by atoms with Gasteiger partial charge in [-0.1, -0.05) is 18.2 Å². The van der Waals surface area contributed by atoms with Crippen molar-refractivity contribution < 1.29 is 0 Å². The van der Waals surface area contributed by atoms with Crippen LogP contribution in [0.25, 0.3) is 21.9 Å². The molecule has 0 amide bonds. The molecule has 0 unspecified atom stereocenters. The number of hydrogen-bond acceptors (Lipinski definition) is 3. The molecule has 0 bridgehead atoms. The SMILES string of the molecule is Nc1c2ccccc2nc2n[nH]cc12. The molecule has 0 saturated carbocycles. The van der Waals surface area contributed by atoms with Crippen LogP contribution in [0.15, 0.2) is 30.5 Å². The second-order valence-electron chi connectivity index (χ2n) is 3.17. The predicted molar refractivity (Wildman–Crippen MR) is 55.8 cm³/mol. The van der Waals surface area contributed by atoms with Gasteiger partial charge in [0, 0.05) is 11.6 Å². The Labute approximate surface area is 79.8 Å². The standard InChI is InChI=1S/C10H8N4/c11-9-6-3-1-2-4-8(6)13-10-7(9)5-12-14-10/h1-5H,(H3,11,12,13,14). The van der Waals surface area contributed by atoms with E-state index in [1.807, 2.05) is 24.3 Å². The topological polar surface area (TPSA) is 67.6 Å². The Balaban J connectivity index is 2.63. The maximum atomic E-state index is 6.00. The number of nitrogens with zero attached hydrogens (tertiary/aromatic N) is 2. The van der Waals surface area contributed by atoms with Gasteiger partial charge in [0.05, 0.1) is 16.6 Å². The van der Waals surface area contributed by atoms with Crippen LogP contribution in [0, 0.1) is 0 Å². The van der Waals surface area contributed by atoms with Crippen LogP contribution in [0.4, 0.5) is 5.69 Å². The average Bonchev–Trinajstić information content (AvgIpc) is 2.66. The third kappa shape index (κ3) is 0.821. The predicted octanol–water partition coefficient (Wildman–Crippen LogP) is 1.69. The van der Waals surface area contributed by atoms with E-state index in [4.69, 9.17) is 5.73 Å². The first-order valence-corrected chi connectivity index (χ1v) is 4.34. The third-order valence-corrected chi connectivity index (χ3v) is 2.33. The van der Waals surface area contributed by atoms with E-state index < -0.39 is 0 Å². The summed E-state index contributed by atoms with van der Waals surface area (Å²) < 4.78 is 0. The van der Waals surface area contributed by atoms with Gasteiger partial charge in [-0.3, -0.25) is 5.10 Å². The number of fused-ring (bicyclic) bond motifs is 2. The first-order valence-electron chi connectivity index (χ1n) is 4.34. The molecule has 0 aliphatic carbocycles. The summed E-state index contributed by atoms with van der Waals surface area (Å²) in [6.07, 6.45) is 1.77. The molecular weight excluding hydrogens is 176 g/mol. The number of rotatable bonds is 0. The molecule has 0 radical (unpaired) electrons. The van der Waals surface area contributed by atoms with Crippen molar-refractivity contribution in [2.45, 2.75) is 0 Å². The van der Waals surface area contributed by atoms with Crippen molar-refractivity contribution in [2.75, 3.05) is 5.73 Å². The lowest BCUT2D eigenvalue weighted by atomic mass is 10.1. The van der Waals surface area contributed by atoms with Crippen molar-refractivity contribution >= 4 is 27.6 Å². The maximum absolute atomic E-state index is 6.00. The van der Waals surface area contributed by atoms with Crippen molar-refractivity contribution in [1.82, 2.24) is 15.2 Å². The van der Waals surface area contributed by atoms with Gasteiger partial charge in [-0.15, -0.1) is 0 Å². The first kappa shape index (κ1) is 7.32. The average molecular weight is 184 g/mol. The van der Waals surface area contributed by atoms with E-state index in [0.717, 1.165) is 22.0 Å². The Morgan fingerprint density at radius 3 is 2.93 bits per heavy atom. The molecule has 2 aromatic heterocycles. The Morgan fingerprint density at radius 1 is 1.14 bits per heavy atom. The van der Waals surface area contributed by atoms with Gasteiger partial charge in [0.1, 0.15) is 0 Å². The fourth-order valence-electron chi connectivity index (χ4n) is 1.62. The molecule has 3 N–H and O–H groups in total. The van der Waals surface area contributed by atoms with Crippen molar-refractivity contribution in [3.05, 3.63) is 30.5 Å². The zero-order valence-electron chi connectivity index (χ0n) is 7.36. The molecule has 3 rings (SSSR count). The molecular formula is C10H8N4. The molecule has 0 aliphatic heterocycles. The lowest BCUT2D eigenvalue weighted by Gasteiger charge is -2.00. The highest BCUT2D eigenvalue weighted by molar-refractivity contribution is 6.04. The number of aromatic nitrogens is 3. The molecule has 3 aromatic rings. The van der Waals surface area contributed by atoms with Crippen molar-refractivity contribution in [1.29, 1.82) is 0 Å². The molecule has 0 spiro atoms. The zero-order chi connectivity index (χ0) is 9.54. The number of hydrogen-bond donors (Lipinski definition) is 2. The van der Waals surface area contributed by atoms with Gasteiger partial charge in [-0.2, -0.15) is 5.10 Å². The second-order valence-corrected chi connectivity index (χ2v) is 3.17. The number of H-pyrrole nitrogens is 1. The number of para-hydroxylation sites is 1. The number of pyridine rings is 1. The number of aromatic amines is 1. The van der Waals surface area contributed by atoms with Crippen LogP contribution >= 0.6 is 0 Å². The summed E-state index contributed by atoms with van der Waals surface area (Å²) in [5, 5.41) is 8.63. The number of benzene rings is 1. The zero-order valence-corrected chi connectivity index (χ0v) is 7.36. The molecule has 4 heteroatoms. The fraction of sp³-hybridized carbons (Fsp3) is 0. The van der Waals surface area contributed by atoms with Crippen LogP contribution in [0.5, 0.6) is 0 Å². The van der Waals surface area contributed by atoms with E-state index in [1.165, 1.54) is 0 Å². The minimum atomic E-state index is 0.668. The molecule has 0 fully saturated rings. The second kappa shape index (κ2) is 2.45. The highest BCUT2D eigenvalue weighted by Gasteiger charge is 2.06. The molecule has 14 heavy (non-hydrogen) atoms. The summed E-state index contributed by atoms with van der Waals surface area (Å²) >= 11 is 0. The molecule has 1 aromatic carbocycles. The van der Waals surface area contributed by atoms with Crippen LogP contribution in [-0.2, 0) is 0 Å². The van der Waals surface area contributed by atoms with E-state index >= 15 is 0 Å². The Morgan fingerprint density at radius 2 is 2.00 bits per heavy atom. The maximum Gasteiger partial charge on any atom is 0.183 e. The van der Waals surface area contributed by atoms with Crippen LogP contribution < -0.4 is 5.73 Å². The van der Waals surface area contributed by atoms with Crippen LogP contribution in [0.1, 0.15) is 0 Å². The summed E-state index contributed by atoms with van der Waals surface area (Å²) in [7, 11) is 0. The Kier molecular flexibility index (Phi) is 1.28. The van der Waals surface area contributed by atoms with Gasteiger partial charge in [-0.25, -0.2) is 4.98 Å². The molecule has 68 valence electrons. The monoisotopic (exact) mass is 184 g/mol. The lowest BCUT2D eigenvalue weighted by Crippen LogP contribution is -1.90. The van der Waals surface area contributed by atoms with E-state index in [9.17, 15) is 0 Å².